The lowest BCUT2D eigenvalue weighted by Gasteiger charge is -2.35. The minimum absolute atomic E-state index is 0.0202. The largest absolute Gasteiger partial charge is 0.493 e. The van der Waals surface area contributed by atoms with Gasteiger partial charge in [0.2, 0.25) is 0 Å². The third kappa shape index (κ3) is 4.35. The van der Waals surface area contributed by atoms with Gasteiger partial charge in [0.05, 0.1) is 23.4 Å². The van der Waals surface area contributed by atoms with Gasteiger partial charge in [-0.1, -0.05) is 18.2 Å². The van der Waals surface area contributed by atoms with Crippen molar-refractivity contribution in [2.45, 2.75) is 31.6 Å². The van der Waals surface area contributed by atoms with Crippen molar-refractivity contribution in [3.8, 4) is 28.6 Å². The summed E-state index contributed by atoms with van der Waals surface area (Å²) < 4.78 is 56.0. The van der Waals surface area contributed by atoms with Gasteiger partial charge in [0.15, 0.2) is 17.4 Å². The van der Waals surface area contributed by atoms with Gasteiger partial charge in [-0.3, -0.25) is 4.79 Å². The summed E-state index contributed by atoms with van der Waals surface area (Å²) >= 11 is 0. The maximum absolute atomic E-state index is 15.0. The molecule has 0 radical (unpaired) electrons. The normalized spacial score (nSPS) is 16.5. The molecular formula is C30H24F3N3O4. The number of H-pyrrole nitrogens is 2. The van der Waals surface area contributed by atoms with Gasteiger partial charge in [0.1, 0.15) is 23.1 Å². The molecule has 0 bridgehead atoms. The molecular weight excluding hydrogens is 523 g/mol. The lowest BCUT2D eigenvalue weighted by Crippen LogP contribution is -2.32. The minimum Gasteiger partial charge on any atom is -0.493 e. The predicted octanol–water partition coefficient (Wildman–Crippen LogP) is 6.87. The van der Waals surface area contributed by atoms with E-state index in [1.54, 1.807) is 6.20 Å². The maximum Gasteiger partial charge on any atom is 0.303 e. The first-order valence-corrected chi connectivity index (χ1v) is 12.7. The molecule has 0 saturated carbocycles. The van der Waals surface area contributed by atoms with E-state index >= 15 is 0 Å². The van der Waals surface area contributed by atoms with E-state index < -0.39 is 34.6 Å². The first-order valence-electron chi connectivity index (χ1n) is 12.7. The molecule has 1 atom stereocenters. The summed E-state index contributed by atoms with van der Waals surface area (Å²) in [5.74, 6) is -2.93. The highest BCUT2D eigenvalue weighted by Gasteiger charge is 2.38. The number of aromatic amines is 2. The van der Waals surface area contributed by atoms with E-state index in [1.807, 2.05) is 25.1 Å². The Kier molecular flexibility index (Phi) is 6.25. The number of carbonyl (C=O) groups is 1. The molecule has 3 N–H and O–H groups in total. The number of hydrogen-bond acceptors (Lipinski definition) is 4. The lowest BCUT2D eigenvalue weighted by molar-refractivity contribution is -0.136. The van der Waals surface area contributed by atoms with Gasteiger partial charge in [-0.2, -0.15) is 0 Å². The third-order valence-corrected chi connectivity index (χ3v) is 7.41. The number of carboxylic acid groups (broad SMARTS) is 1. The van der Waals surface area contributed by atoms with Crippen molar-refractivity contribution in [2.24, 2.45) is 0 Å². The monoisotopic (exact) mass is 547 g/mol. The van der Waals surface area contributed by atoms with Gasteiger partial charge < -0.3 is 24.5 Å². The zero-order chi connectivity index (χ0) is 28.0. The average Bonchev–Trinajstić information content (AvgIpc) is 3.62. The van der Waals surface area contributed by atoms with Crippen molar-refractivity contribution < 1.29 is 32.5 Å². The second kappa shape index (κ2) is 9.78. The van der Waals surface area contributed by atoms with Crippen LogP contribution in [0.3, 0.4) is 0 Å². The number of imidazole rings is 1. The summed E-state index contributed by atoms with van der Waals surface area (Å²) in [5.41, 5.74) is 2.08. The zero-order valence-electron chi connectivity index (χ0n) is 21.4. The van der Waals surface area contributed by atoms with Gasteiger partial charge >= 0.3 is 5.97 Å². The van der Waals surface area contributed by atoms with Crippen LogP contribution in [0.1, 0.15) is 36.6 Å². The number of rotatable bonds is 7. The number of carboxylic acids is 1. The molecule has 1 aliphatic heterocycles. The number of benzene rings is 3. The molecule has 0 saturated heterocycles. The van der Waals surface area contributed by atoms with Gasteiger partial charge in [0.25, 0.3) is 0 Å². The zero-order valence-corrected chi connectivity index (χ0v) is 21.4. The number of hydrogen-bond donors (Lipinski definition) is 3. The molecule has 10 heteroatoms. The lowest BCUT2D eigenvalue weighted by atomic mass is 9.74. The number of ether oxygens (including phenoxy) is 2. The molecule has 0 aliphatic carbocycles. The number of halogens is 3. The fraction of sp³-hybridized carbons (Fsp3) is 0.200. The number of nitrogens with zero attached hydrogens (tertiary/aromatic N) is 1. The van der Waals surface area contributed by atoms with Crippen molar-refractivity contribution in [3.63, 3.8) is 0 Å². The molecule has 5 aromatic rings. The number of fused-ring (bicyclic) bond motifs is 2. The molecule has 40 heavy (non-hydrogen) atoms. The van der Waals surface area contributed by atoms with Crippen LogP contribution in [-0.2, 0) is 16.6 Å². The Labute approximate surface area is 226 Å². The fourth-order valence-corrected chi connectivity index (χ4v) is 5.20. The standard InChI is InChI=1S/C30H24F3N3O4/c1-30(10-12-39-27-16(5-8-25(37)38)3-2-4-20(27)30)24-15-35-29(36-24)19-13-17(6-7-21(19)31)40-28-22(32)14-23-18(26(28)33)9-11-34-23/h2-4,6-7,9,11,13-15,34H,5,8,10,12H2,1H3,(H,35,36)(H,37,38)/t30-/m1/s1. The molecule has 7 nitrogen and oxygen atoms in total. The van der Waals surface area contributed by atoms with Crippen LogP contribution in [0.2, 0.25) is 0 Å². The van der Waals surface area contributed by atoms with E-state index in [2.05, 4.69) is 9.97 Å². The van der Waals surface area contributed by atoms with Crippen molar-refractivity contribution in [3.05, 3.63) is 95.2 Å². The van der Waals surface area contributed by atoms with E-state index in [0.717, 1.165) is 23.3 Å². The molecule has 0 amide bonds. The second-order valence-corrected chi connectivity index (χ2v) is 9.94. The predicted molar refractivity (Wildman–Crippen MR) is 141 cm³/mol. The highest BCUT2D eigenvalue weighted by atomic mass is 19.1. The Hall–Kier alpha value is -4.73. The number of aromatic nitrogens is 3. The Bertz CT molecular complexity index is 1760. The summed E-state index contributed by atoms with van der Waals surface area (Å²) in [6, 6.07) is 12.0. The summed E-state index contributed by atoms with van der Waals surface area (Å²) in [5, 5.41) is 9.29. The number of para-hydroxylation sites is 1. The molecule has 0 spiro atoms. The highest BCUT2D eigenvalue weighted by molar-refractivity contribution is 5.82. The molecule has 0 fully saturated rings. The second-order valence-electron chi connectivity index (χ2n) is 9.94. The Balaban J connectivity index is 1.33. The molecule has 0 unspecified atom stereocenters. The molecule has 204 valence electrons. The molecule has 1 aliphatic rings. The van der Waals surface area contributed by atoms with Gasteiger partial charge in [-0.25, -0.2) is 18.2 Å². The topological polar surface area (TPSA) is 100 Å². The quantitative estimate of drug-likeness (QED) is 0.206. The van der Waals surface area contributed by atoms with E-state index in [1.165, 1.54) is 24.4 Å². The van der Waals surface area contributed by atoms with Crippen molar-refractivity contribution in [1.82, 2.24) is 15.0 Å². The van der Waals surface area contributed by atoms with Crippen LogP contribution in [-0.4, -0.2) is 32.6 Å². The summed E-state index contributed by atoms with van der Waals surface area (Å²) in [6.07, 6.45) is 4.10. The number of aryl methyl sites for hydroxylation is 1. The SMILES string of the molecule is C[C@@]1(c2c[nH]c(-c3cc(Oc4c(F)cc5[nH]ccc5c4F)ccc3F)n2)CCOc2c(CCC(=O)O)cccc21. The summed E-state index contributed by atoms with van der Waals surface area (Å²) in [7, 11) is 0. The van der Waals surface area contributed by atoms with E-state index in [-0.39, 0.29) is 28.9 Å². The van der Waals surface area contributed by atoms with Crippen LogP contribution in [0, 0.1) is 17.5 Å². The fourth-order valence-electron chi connectivity index (χ4n) is 5.20. The van der Waals surface area contributed by atoms with Crippen molar-refractivity contribution in [2.75, 3.05) is 6.61 Å². The van der Waals surface area contributed by atoms with Crippen LogP contribution in [0.5, 0.6) is 17.2 Å². The van der Waals surface area contributed by atoms with Crippen LogP contribution in [0.25, 0.3) is 22.3 Å². The van der Waals surface area contributed by atoms with Gasteiger partial charge in [-0.05, 0) is 49.6 Å². The van der Waals surface area contributed by atoms with Crippen LogP contribution >= 0.6 is 0 Å². The third-order valence-electron chi connectivity index (χ3n) is 7.41. The van der Waals surface area contributed by atoms with E-state index in [4.69, 9.17) is 19.6 Å². The van der Waals surface area contributed by atoms with E-state index in [0.29, 0.717) is 36.4 Å². The van der Waals surface area contributed by atoms with Crippen molar-refractivity contribution >= 4 is 16.9 Å². The maximum atomic E-state index is 15.0. The van der Waals surface area contributed by atoms with Crippen molar-refractivity contribution in [1.29, 1.82) is 0 Å². The van der Waals surface area contributed by atoms with Gasteiger partial charge in [0, 0.05) is 41.2 Å². The number of nitrogens with one attached hydrogen (secondary N) is 2. The molecule has 3 aromatic carbocycles. The Morgan fingerprint density at radius 3 is 2.80 bits per heavy atom. The Morgan fingerprint density at radius 1 is 1.12 bits per heavy atom. The van der Waals surface area contributed by atoms with Crippen LogP contribution < -0.4 is 9.47 Å². The molecule has 3 heterocycles. The number of aliphatic carboxylic acids is 1. The van der Waals surface area contributed by atoms with Gasteiger partial charge in [-0.15, -0.1) is 0 Å². The molecule has 6 rings (SSSR count). The minimum atomic E-state index is -0.896. The smallest absolute Gasteiger partial charge is 0.303 e. The highest BCUT2D eigenvalue weighted by Crippen LogP contribution is 2.45. The van der Waals surface area contributed by atoms with Crippen LogP contribution in [0.15, 0.2) is 60.9 Å². The van der Waals surface area contributed by atoms with Crippen LogP contribution in [0.4, 0.5) is 13.2 Å². The average molecular weight is 548 g/mol. The summed E-state index contributed by atoms with van der Waals surface area (Å²) in [6.45, 7) is 2.41. The summed E-state index contributed by atoms with van der Waals surface area (Å²) in [4.78, 5) is 21.6. The Morgan fingerprint density at radius 2 is 1.98 bits per heavy atom. The van der Waals surface area contributed by atoms with E-state index in [9.17, 15) is 18.0 Å². The first-order chi connectivity index (χ1) is 19.2. The first kappa shape index (κ1) is 25.5. The molecule has 2 aromatic heterocycles.